The Morgan fingerprint density at radius 1 is 1.03 bits per heavy atom. The normalized spacial score (nSPS) is 15.6. The first-order valence-corrected chi connectivity index (χ1v) is 14.4. The summed E-state index contributed by atoms with van der Waals surface area (Å²) >= 11 is 6.23. The average molecular weight is 535 g/mol. The number of hydrogen-bond donors (Lipinski definition) is 0. The molecule has 0 atom stereocenters. The molecule has 0 unspecified atom stereocenters. The summed E-state index contributed by atoms with van der Waals surface area (Å²) in [6.07, 6.45) is 3.72. The van der Waals surface area contributed by atoms with Gasteiger partial charge in [-0.15, -0.1) is 0 Å². The van der Waals surface area contributed by atoms with Gasteiger partial charge in [-0.1, -0.05) is 17.7 Å². The molecular formula is C27H35ClN2O5S. The van der Waals surface area contributed by atoms with E-state index < -0.39 is 9.84 Å². The number of halogens is 1. The average Bonchev–Trinajstić information content (AvgIpc) is 2.88. The van der Waals surface area contributed by atoms with Crippen LogP contribution in [0, 0.1) is 0 Å². The van der Waals surface area contributed by atoms with Crippen molar-refractivity contribution in [2.24, 2.45) is 0 Å². The molecule has 0 fully saturated rings. The maximum atomic E-state index is 12.5. The van der Waals surface area contributed by atoms with Gasteiger partial charge in [-0.05, 0) is 66.8 Å². The molecule has 0 radical (unpaired) electrons. The fraction of sp³-hybridized carbons (Fsp3) is 0.481. The molecule has 1 amide bonds. The largest absolute Gasteiger partial charge is 0.492 e. The number of carbonyl (C=O) groups is 2. The highest BCUT2D eigenvalue weighted by Crippen LogP contribution is 2.21. The molecule has 0 bridgehead atoms. The van der Waals surface area contributed by atoms with E-state index in [4.69, 9.17) is 16.3 Å². The van der Waals surface area contributed by atoms with Crippen LogP contribution in [0.15, 0.2) is 47.4 Å². The van der Waals surface area contributed by atoms with Gasteiger partial charge < -0.3 is 9.64 Å². The Kier molecular flexibility index (Phi) is 10.3. The van der Waals surface area contributed by atoms with Crippen molar-refractivity contribution in [1.82, 2.24) is 9.80 Å². The summed E-state index contributed by atoms with van der Waals surface area (Å²) in [6, 6.07) is 12.4. The van der Waals surface area contributed by atoms with E-state index in [0.29, 0.717) is 38.3 Å². The molecule has 196 valence electrons. The molecule has 1 aliphatic heterocycles. The molecule has 7 nitrogen and oxygen atoms in total. The van der Waals surface area contributed by atoms with Gasteiger partial charge in [0.1, 0.15) is 18.1 Å². The molecule has 0 aliphatic carbocycles. The number of hydrogen-bond acceptors (Lipinski definition) is 6. The lowest BCUT2D eigenvalue weighted by molar-refractivity contribution is -0.127. The van der Waals surface area contributed by atoms with Crippen molar-refractivity contribution >= 4 is 33.1 Å². The molecule has 3 rings (SSSR count). The van der Waals surface area contributed by atoms with Crippen LogP contribution in [0.3, 0.4) is 0 Å². The van der Waals surface area contributed by atoms with Crippen molar-refractivity contribution in [3.05, 3.63) is 58.6 Å². The van der Waals surface area contributed by atoms with Gasteiger partial charge in [-0.2, -0.15) is 0 Å². The lowest BCUT2D eigenvalue weighted by Crippen LogP contribution is -2.32. The maximum absolute atomic E-state index is 12.5. The second-order valence-corrected chi connectivity index (χ2v) is 11.8. The van der Waals surface area contributed by atoms with Gasteiger partial charge in [-0.3, -0.25) is 14.5 Å². The molecule has 0 saturated carbocycles. The minimum atomic E-state index is -3.49. The number of aryl methyl sites for hydroxylation is 1. The zero-order valence-corrected chi connectivity index (χ0v) is 22.6. The number of rotatable bonds is 8. The Morgan fingerprint density at radius 3 is 2.47 bits per heavy atom. The number of sulfone groups is 1. The summed E-state index contributed by atoms with van der Waals surface area (Å²) in [5.41, 5.74) is 2.49. The molecule has 0 N–H and O–H groups in total. The molecular weight excluding hydrogens is 500 g/mol. The van der Waals surface area contributed by atoms with E-state index in [-0.39, 0.29) is 28.9 Å². The summed E-state index contributed by atoms with van der Waals surface area (Å²) in [4.78, 5) is 27.4. The van der Waals surface area contributed by atoms with Gasteiger partial charge in [0.2, 0.25) is 5.91 Å². The topological polar surface area (TPSA) is 84.0 Å². The molecule has 0 saturated heterocycles. The fourth-order valence-corrected chi connectivity index (χ4v) is 5.63. The van der Waals surface area contributed by atoms with Crippen molar-refractivity contribution in [3.8, 4) is 5.75 Å². The first-order chi connectivity index (χ1) is 17.1. The number of ketones is 1. The zero-order chi connectivity index (χ0) is 26.1. The predicted octanol–water partition coefficient (Wildman–Crippen LogP) is 3.81. The summed E-state index contributed by atoms with van der Waals surface area (Å²) in [7, 11) is -1.91. The molecule has 0 spiro atoms. The van der Waals surface area contributed by atoms with E-state index in [9.17, 15) is 18.0 Å². The third kappa shape index (κ3) is 8.61. The van der Waals surface area contributed by atoms with Crippen molar-refractivity contribution < 1.29 is 22.7 Å². The van der Waals surface area contributed by atoms with Crippen LogP contribution < -0.4 is 4.74 Å². The van der Waals surface area contributed by atoms with Crippen molar-refractivity contribution in [1.29, 1.82) is 0 Å². The number of fused-ring (bicyclic) bond motifs is 1. The molecule has 2 aromatic carbocycles. The lowest BCUT2D eigenvalue weighted by atomic mass is 9.99. The molecule has 0 aromatic heterocycles. The van der Waals surface area contributed by atoms with E-state index in [2.05, 4.69) is 11.0 Å². The van der Waals surface area contributed by atoms with Crippen LogP contribution in [0.5, 0.6) is 5.75 Å². The molecule has 1 heterocycles. The number of Topliss-reactive ketones (excluding diaryl/α,β-unsaturated/α-hetero) is 1. The van der Waals surface area contributed by atoms with Gasteiger partial charge in [0, 0.05) is 58.0 Å². The number of benzene rings is 2. The monoisotopic (exact) mass is 534 g/mol. The Hall–Kier alpha value is -2.42. The van der Waals surface area contributed by atoms with Crippen LogP contribution in [0.2, 0.25) is 5.02 Å². The van der Waals surface area contributed by atoms with E-state index >= 15 is 0 Å². The SMILES string of the molecule is CC(=O)N(C)CCS(=O)(=O)c1ccc(OCCN2CCC(=O)CCCc3ccc(Cl)cc3CC2)cc1. The molecule has 36 heavy (non-hydrogen) atoms. The van der Waals surface area contributed by atoms with Crippen LogP contribution in [0.4, 0.5) is 0 Å². The summed E-state index contributed by atoms with van der Waals surface area (Å²) in [5, 5.41) is 0.728. The standard InChI is InChI=1S/C27H35ClN2O5S/c1-21(31)29(2)17-19-36(33,34)27-10-8-26(9-11-27)35-18-16-30-14-12-23-20-24(28)7-6-22(23)4-3-5-25(32)13-15-30/h6-11,20H,3-5,12-19H2,1-2H3. The minimum Gasteiger partial charge on any atom is -0.492 e. The third-order valence-corrected chi connectivity index (χ3v) is 8.51. The molecule has 2 aromatic rings. The highest BCUT2D eigenvalue weighted by molar-refractivity contribution is 7.91. The first-order valence-electron chi connectivity index (χ1n) is 12.3. The fourth-order valence-electron chi connectivity index (χ4n) is 4.14. The number of amides is 1. The first kappa shape index (κ1) is 28.2. The van der Waals surface area contributed by atoms with Crippen molar-refractivity contribution in [3.63, 3.8) is 0 Å². The number of nitrogens with zero attached hydrogens (tertiary/aromatic N) is 2. The summed E-state index contributed by atoms with van der Waals surface area (Å²) < 4.78 is 31.0. The van der Waals surface area contributed by atoms with E-state index in [0.717, 1.165) is 30.8 Å². The Bertz CT molecular complexity index is 1150. The zero-order valence-electron chi connectivity index (χ0n) is 21.0. The quantitative estimate of drug-likeness (QED) is 0.512. The van der Waals surface area contributed by atoms with Crippen molar-refractivity contribution in [2.75, 3.05) is 45.6 Å². The van der Waals surface area contributed by atoms with Crippen LogP contribution in [-0.4, -0.2) is 75.5 Å². The van der Waals surface area contributed by atoms with Gasteiger partial charge in [-0.25, -0.2) is 8.42 Å². The second kappa shape index (κ2) is 13.2. The molecule has 9 heteroatoms. The van der Waals surface area contributed by atoms with Crippen LogP contribution >= 0.6 is 11.6 Å². The Balaban J connectivity index is 1.55. The highest BCUT2D eigenvalue weighted by atomic mass is 35.5. The lowest BCUT2D eigenvalue weighted by Gasteiger charge is -2.22. The smallest absolute Gasteiger partial charge is 0.219 e. The minimum absolute atomic E-state index is 0.134. The van der Waals surface area contributed by atoms with Gasteiger partial charge in [0.25, 0.3) is 0 Å². The summed E-state index contributed by atoms with van der Waals surface area (Å²) in [6.45, 7) is 4.11. The predicted molar refractivity (Wildman–Crippen MR) is 141 cm³/mol. The van der Waals surface area contributed by atoms with Crippen LogP contribution in [-0.2, 0) is 32.3 Å². The van der Waals surface area contributed by atoms with Gasteiger partial charge >= 0.3 is 0 Å². The summed E-state index contributed by atoms with van der Waals surface area (Å²) in [5.74, 6) is 0.560. The Morgan fingerprint density at radius 2 is 1.75 bits per heavy atom. The second-order valence-electron chi connectivity index (χ2n) is 9.23. The van der Waals surface area contributed by atoms with E-state index in [1.54, 1.807) is 19.2 Å². The third-order valence-electron chi connectivity index (χ3n) is 6.57. The maximum Gasteiger partial charge on any atom is 0.219 e. The number of ether oxygens (including phenoxy) is 1. The number of carbonyl (C=O) groups excluding carboxylic acids is 2. The van der Waals surface area contributed by atoms with E-state index in [1.165, 1.54) is 35.1 Å². The molecule has 1 aliphatic rings. The van der Waals surface area contributed by atoms with Crippen LogP contribution in [0.25, 0.3) is 0 Å². The Labute approximate surface area is 219 Å². The van der Waals surface area contributed by atoms with E-state index in [1.807, 2.05) is 12.1 Å². The highest BCUT2D eigenvalue weighted by Gasteiger charge is 2.17. The van der Waals surface area contributed by atoms with Crippen molar-refractivity contribution in [2.45, 2.75) is 43.9 Å². The van der Waals surface area contributed by atoms with Gasteiger partial charge in [0.05, 0.1) is 10.6 Å². The van der Waals surface area contributed by atoms with Crippen LogP contribution in [0.1, 0.15) is 37.3 Å². The van der Waals surface area contributed by atoms with Gasteiger partial charge in [0.15, 0.2) is 9.84 Å².